The van der Waals surface area contributed by atoms with Gasteiger partial charge in [-0.25, -0.2) is 9.78 Å². The molecule has 0 saturated carbocycles. The fraction of sp³-hybridized carbons (Fsp3) is 0.667. The highest BCUT2D eigenvalue weighted by Gasteiger charge is 2.29. The van der Waals surface area contributed by atoms with Crippen molar-refractivity contribution in [3.8, 4) is 6.01 Å². The fourth-order valence-electron chi connectivity index (χ4n) is 2.23. The van der Waals surface area contributed by atoms with Crippen LogP contribution in [-0.2, 0) is 4.74 Å². The Morgan fingerprint density at radius 1 is 1.41 bits per heavy atom. The van der Waals surface area contributed by atoms with Crippen LogP contribution in [0.4, 0.5) is 4.79 Å². The van der Waals surface area contributed by atoms with Crippen molar-refractivity contribution in [2.75, 3.05) is 13.1 Å². The summed E-state index contributed by atoms with van der Waals surface area (Å²) in [5.74, 6) is 0. The topological polar surface area (TPSA) is 64.5 Å². The quantitative estimate of drug-likeness (QED) is 0.780. The third-order valence-electron chi connectivity index (χ3n) is 3.10. The molecule has 0 N–H and O–H groups in total. The number of carbonyl (C=O) groups is 1. The van der Waals surface area contributed by atoms with E-state index < -0.39 is 5.60 Å². The highest BCUT2D eigenvalue weighted by molar-refractivity contribution is 6.29. The van der Waals surface area contributed by atoms with Crippen LogP contribution >= 0.6 is 11.6 Å². The highest BCUT2D eigenvalue weighted by Crippen LogP contribution is 2.19. The molecular formula is C15H22ClN3O3. The molecule has 22 heavy (non-hydrogen) atoms. The minimum absolute atomic E-state index is 0.154. The Morgan fingerprint density at radius 2 is 2.14 bits per heavy atom. The van der Waals surface area contributed by atoms with E-state index in [9.17, 15) is 4.79 Å². The first-order chi connectivity index (χ1) is 10.2. The van der Waals surface area contributed by atoms with Crippen molar-refractivity contribution in [1.82, 2.24) is 14.9 Å². The average Bonchev–Trinajstić information content (AvgIpc) is 2.35. The minimum Gasteiger partial charge on any atom is -0.458 e. The average molecular weight is 328 g/mol. The summed E-state index contributed by atoms with van der Waals surface area (Å²) in [6, 6.07) is 1.92. The number of halogens is 1. The molecule has 6 nitrogen and oxygen atoms in total. The second kappa shape index (κ2) is 6.69. The molecule has 2 rings (SSSR count). The molecule has 1 fully saturated rings. The molecule has 0 spiro atoms. The first kappa shape index (κ1) is 16.8. The van der Waals surface area contributed by atoms with Crippen LogP contribution in [0.2, 0.25) is 5.15 Å². The molecule has 0 bridgehead atoms. The van der Waals surface area contributed by atoms with Crippen LogP contribution in [0.5, 0.6) is 6.01 Å². The Kier molecular flexibility index (Phi) is 5.11. The molecule has 1 amide bonds. The summed E-state index contributed by atoms with van der Waals surface area (Å²) in [7, 11) is 0. The van der Waals surface area contributed by atoms with Gasteiger partial charge in [0.15, 0.2) is 0 Å². The summed E-state index contributed by atoms with van der Waals surface area (Å²) < 4.78 is 11.2. The number of ether oxygens (including phenoxy) is 2. The van der Waals surface area contributed by atoms with Crippen molar-refractivity contribution < 1.29 is 14.3 Å². The first-order valence-electron chi connectivity index (χ1n) is 7.39. The molecule has 2 heterocycles. The Labute approximate surface area is 135 Å². The number of likely N-dealkylation sites (tertiary alicyclic amines) is 1. The summed E-state index contributed by atoms with van der Waals surface area (Å²) in [6.07, 6.45) is 1.22. The van der Waals surface area contributed by atoms with E-state index in [2.05, 4.69) is 9.97 Å². The summed E-state index contributed by atoms with van der Waals surface area (Å²) in [5.41, 5.74) is 0.243. The summed E-state index contributed by atoms with van der Waals surface area (Å²) in [4.78, 5) is 22.0. The van der Waals surface area contributed by atoms with E-state index in [1.54, 1.807) is 11.0 Å². The lowest BCUT2D eigenvalue weighted by molar-refractivity contribution is 0.00658. The molecular weight excluding hydrogens is 306 g/mol. The molecule has 1 unspecified atom stereocenters. The summed E-state index contributed by atoms with van der Waals surface area (Å²) >= 11 is 5.90. The van der Waals surface area contributed by atoms with Gasteiger partial charge < -0.3 is 14.4 Å². The standard InChI is InChI=1S/C15H22ClN3O3/c1-10-8-12(16)18-13(17-10)21-11-6-5-7-19(9-11)14(20)22-15(2,3)4/h8,11H,5-7,9H2,1-4H3. The van der Waals surface area contributed by atoms with Crippen LogP contribution in [-0.4, -0.2) is 45.8 Å². The maximum atomic E-state index is 12.1. The van der Waals surface area contributed by atoms with E-state index in [1.165, 1.54) is 0 Å². The predicted octanol–water partition coefficient (Wildman–Crippen LogP) is 3.22. The Morgan fingerprint density at radius 3 is 2.77 bits per heavy atom. The Hall–Kier alpha value is -1.56. The number of nitrogens with zero attached hydrogens (tertiary/aromatic N) is 3. The number of hydrogen-bond donors (Lipinski definition) is 0. The molecule has 0 aliphatic carbocycles. The van der Waals surface area contributed by atoms with Crippen LogP contribution in [0.25, 0.3) is 0 Å². The largest absolute Gasteiger partial charge is 0.458 e. The van der Waals surface area contributed by atoms with Crippen molar-refractivity contribution in [1.29, 1.82) is 0 Å². The maximum Gasteiger partial charge on any atom is 0.410 e. The van der Waals surface area contributed by atoms with Gasteiger partial charge in [0.1, 0.15) is 16.9 Å². The van der Waals surface area contributed by atoms with E-state index in [-0.39, 0.29) is 18.2 Å². The van der Waals surface area contributed by atoms with Gasteiger partial charge >= 0.3 is 12.1 Å². The van der Waals surface area contributed by atoms with Gasteiger partial charge in [0.05, 0.1) is 6.54 Å². The van der Waals surface area contributed by atoms with Crippen molar-refractivity contribution in [2.24, 2.45) is 0 Å². The first-order valence-corrected chi connectivity index (χ1v) is 7.76. The Balaban J connectivity index is 1.97. The van der Waals surface area contributed by atoms with Gasteiger partial charge in [-0.15, -0.1) is 0 Å². The lowest BCUT2D eigenvalue weighted by Gasteiger charge is -2.33. The number of amides is 1. The highest BCUT2D eigenvalue weighted by atomic mass is 35.5. The molecule has 1 aromatic rings. The van der Waals surface area contributed by atoms with E-state index in [0.717, 1.165) is 18.5 Å². The molecule has 122 valence electrons. The van der Waals surface area contributed by atoms with Crippen LogP contribution in [0.15, 0.2) is 6.07 Å². The van der Waals surface area contributed by atoms with Crippen LogP contribution in [0.3, 0.4) is 0 Å². The molecule has 1 aliphatic heterocycles. The zero-order chi connectivity index (χ0) is 16.3. The lowest BCUT2D eigenvalue weighted by Crippen LogP contribution is -2.46. The van der Waals surface area contributed by atoms with Crippen LogP contribution in [0, 0.1) is 6.92 Å². The maximum absolute atomic E-state index is 12.1. The van der Waals surface area contributed by atoms with Gasteiger partial charge in [0.2, 0.25) is 0 Å². The number of carbonyl (C=O) groups excluding carboxylic acids is 1. The van der Waals surface area contributed by atoms with Gasteiger partial charge in [-0.2, -0.15) is 4.98 Å². The number of piperidine rings is 1. The molecule has 7 heteroatoms. The second-order valence-corrected chi connectivity index (χ2v) is 6.81. The number of aromatic nitrogens is 2. The SMILES string of the molecule is Cc1cc(Cl)nc(OC2CCCN(C(=O)OC(C)(C)C)C2)n1. The van der Waals surface area contributed by atoms with Gasteiger partial charge in [-0.1, -0.05) is 11.6 Å². The Bertz CT molecular complexity index is 525. The van der Waals surface area contributed by atoms with E-state index in [0.29, 0.717) is 18.2 Å². The number of rotatable bonds is 2. The van der Waals surface area contributed by atoms with E-state index in [4.69, 9.17) is 21.1 Å². The third-order valence-corrected chi connectivity index (χ3v) is 3.30. The van der Waals surface area contributed by atoms with Crippen molar-refractivity contribution >= 4 is 17.7 Å². The van der Waals surface area contributed by atoms with Gasteiger partial charge in [-0.05, 0) is 46.6 Å². The van der Waals surface area contributed by atoms with Gasteiger partial charge in [-0.3, -0.25) is 0 Å². The lowest BCUT2D eigenvalue weighted by atomic mass is 10.1. The predicted molar refractivity (Wildman–Crippen MR) is 83.2 cm³/mol. The van der Waals surface area contributed by atoms with Crippen LogP contribution in [0.1, 0.15) is 39.3 Å². The van der Waals surface area contributed by atoms with Gasteiger partial charge in [0.25, 0.3) is 0 Å². The van der Waals surface area contributed by atoms with Crippen molar-refractivity contribution in [3.63, 3.8) is 0 Å². The zero-order valence-corrected chi connectivity index (χ0v) is 14.2. The molecule has 1 saturated heterocycles. The number of aryl methyl sites for hydroxylation is 1. The van der Waals surface area contributed by atoms with E-state index in [1.807, 2.05) is 27.7 Å². The fourth-order valence-corrected chi connectivity index (χ4v) is 2.46. The molecule has 1 aliphatic rings. The number of hydrogen-bond acceptors (Lipinski definition) is 5. The van der Waals surface area contributed by atoms with Crippen molar-refractivity contribution in [3.05, 3.63) is 16.9 Å². The molecule has 1 aromatic heterocycles. The zero-order valence-electron chi connectivity index (χ0n) is 13.4. The normalized spacial score (nSPS) is 19.0. The van der Waals surface area contributed by atoms with Crippen LogP contribution < -0.4 is 4.74 Å². The minimum atomic E-state index is -0.502. The summed E-state index contributed by atoms with van der Waals surface area (Å²) in [6.45, 7) is 8.52. The van der Waals surface area contributed by atoms with Gasteiger partial charge in [0, 0.05) is 12.2 Å². The molecule has 0 aromatic carbocycles. The third kappa shape index (κ3) is 5.02. The molecule has 0 radical (unpaired) electrons. The monoisotopic (exact) mass is 327 g/mol. The van der Waals surface area contributed by atoms with Crippen molar-refractivity contribution in [2.45, 2.75) is 52.2 Å². The molecule has 1 atom stereocenters. The second-order valence-electron chi connectivity index (χ2n) is 6.42. The summed E-state index contributed by atoms with van der Waals surface area (Å²) in [5, 5.41) is 0.349. The van der Waals surface area contributed by atoms with E-state index >= 15 is 0 Å². The smallest absolute Gasteiger partial charge is 0.410 e.